The number of rotatable bonds is 6. The first-order valence-corrected chi connectivity index (χ1v) is 19.2. The molecule has 266 valence electrons. The van der Waals surface area contributed by atoms with E-state index in [-0.39, 0.29) is 0 Å². The number of hydrogen-bond acceptors (Lipinski definition) is 4. The van der Waals surface area contributed by atoms with E-state index in [9.17, 15) is 0 Å². The van der Waals surface area contributed by atoms with Crippen molar-refractivity contribution >= 4 is 43.5 Å². The summed E-state index contributed by atoms with van der Waals surface area (Å²) in [7, 11) is 0. The predicted octanol–water partition coefficient (Wildman–Crippen LogP) is 14.1. The van der Waals surface area contributed by atoms with Gasteiger partial charge in [-0.2, -0.15) is 0 Å². The van der Waals surface area contributed by atoms with E-state index in [1.54, 1.807) is 0 Å². The molecule has 0 bridgehead atoms. The van der Waals surface area contributed by atoms with Crippen molar-refractivity contribution in [2.24, 2.45) is 0 Å². The third kappa shape index (κ3) is 5.83. The van der Waals surface area contributed by atoms with Gasteiger partial charge in [0.2, 0.25) is 0 Å². The van der Waals surface area contributed by atoms with E-state index in [0.717, 1.165) is 71.7 Å². The maximum Gasteiger partial charge on any atom is 0.164 e. The molecule has 0 spiro atoms. The van der Waals surface area contributed by atoms with Gasteiger partial charge >= 0.3 is 0 Å². The molecular formula is C53H33N3O. The van der Waals surface area contributed by atoms with Crippen LogP contribution >= 0.6 is 0 Å². The summed E-state index contributed by atoms with van der Waals surface area (Å²) in [6.07, 6.45) is 0. The molecule has 0 saturated carbocycles. The predicted molar refractivity (Wildman–Crippen MR) is 235 cm³/mol. The van der Waals surface area contributed by atoms with Gasteiger partial charge in [0.25, 0.3) is 0 Å². The SMILES string of the molecule is c1ccc(-c2ccc(-c3c4ccccc4cc4c3oc3cccc(-c5ccc(-c6nc(-c7ccccc7)nc(-c7ccc8ccccc8c7)n6)cc5)c34)cc2)cc1. The zero-order valence-corrected chi connectivity index (χ0v) is 30.8. The van der Waals surface area contributed by atoms with Gasteiger partial charge < -0.3 is 4.42 Å². The molecule has 0 fully saturated rings. The molecule has 0 N–H and O–H groups in total. The number of hydrogen-bond donors (Lipinski definition) is 0. The monoisotopic (exact) mass is 727 g/mol. The van der Waals surface area contributed by atoms with Gasteiger partial charge in [0.05, 0.1) is 0 Å². The lowest BCUT2D eigenvalue weighted by Gasteiger charge is -2.11. The van der Waals surface area contributed by atoms with Crippen LogP contribution in [-0.4, -0.2) is 15.0 Å². The topological polar surface area (TPSA) is 51.8 Å². The summed E-state index contributed by atoms with van der Waals surface area (Å²) in [5.74, 6) is 1.90. The van der Waals surface area contributed by atoms with E-state index in [4.69, 9.17) is 19.4 Å². The highest BCUT2D eigenvalue weighted by molar-refractivity contribution is 6.21. The molecule has 0 aliphatic heterocycles. The van der Waals surface area contributed by atoms with Crippen LogP contribution in [0.15, 0.2) is 205 Å². The fraction of sp³-hybridized carbons (Fsp3) is 0. The maximum absolute atomic E-state index is 6.83. The Labute approximate surface area is 329 Å². The quantitative estimate of drug-likeness (QED) is 0.171. The Morgan fingerprint density at radius 3 is 1.58 bits per heavy atom. The number of furan rings is 1. The largest absolute Gasteiger partial charge is 0.455 e. The standard InChI is InChI=1S/C53H33N3O/c1-3-12-34(13-4-1)36-22-27-38(28-23-36)48-45-19-10-9-18-42(45)33-46-49-44(20-11-21-47(49)57-50(46)48)37-25-29-40(30-26-37)52-54-51(39-15-5-2-6-16-39)55-53(56-52)43-31-24-35-14-7-8-17-41(35)32-43/h1-33H. The fourth-order valence-electron chi connectivity index (χ4n) is 8.09. The first-order valence-electron chi connectivity index (χ1n) is 19.2. The Hall–Kier alpha value is -7.69. The van der Waals surface area contributed by atoms with Gasteiger partial charge in [-0.05, 0) is 67.6 Å². The summed E-state index contributed by atoms with van der Waals surface area (Å²) >= 11 is 0. The van der Waals surface area contributed by atoms with E-state index < -0.39 is 0 Å². The van der Waals surface area contributed by atoms with Crippen LogP contribution in [0.25, 0.3) is 111 Å². The highest BCUT2D eigenvalue weighted by Gasteiger charge is 2.20. The second-order valence-corrected chi connectivity index (χ2v) is 14.4. The summed E-state index contributed by atoms with van der Waals surface area (Å²) in [5.41, 5.74) is 11.3. The maximum atomic E-state index is 6.83. The highest BCUT2D eigenvalue weighted by atomic mass is 16.3. The zero-order chi connectivity index (χ0) is 37.7. The van der Waals surface area contributed by atoms with Gasteiger partial charge in [-0.25, -0.2) is 15.0 Å². The smallest absolute Gasteiger partial charge is 0.164 e. The summed E-state index contributed by atoms with van der Waals surface area (Å²) in [5, 5.41) is 6.85. The Kier molecular flexibility index (Phi) is 7.78. The molecule has 4 heteroatoms. The number of aromatic nitrogens is 3. The van der Waals surface area contributed by atoms with Crippen molar-refractivity contribution in [3.05, 3.63) is 200 Å². The van der Waals surface area contributed by atoms with E-state index in [0.29, 0.717) is 17.5 Å². The van der Waals surface area contributed by atoms with Crippen molar-refractivity contribution in [2.75, 3.05) is 0 Å². The summed E-state index contributed by atoms with van der Waals surface area (Å²) < 4.78 is 6.83. The number of fused-ring (bicyclic) bond motifs is 5. The second-order valence-electron chi connectivity index (χ2n) is 14.4. The molecule has 0 amide bonds. The summed E-state index contributed by atoms with van der Waals surface area (Å²) in [6, 6.07) is 69.9. The molecule has 0 unspecified atom stereocenters. The Balaban J connectivity index is 1.03. The third-order valence-corrected chi connectivity index (χ3v) is 10.9. The van der Waals surface area contributed by atoms with Crippen LogP contribution in [0.4, 0.5) is 0 Å². The number of nitrogens with zero attached hydrogens (tertiary/aromatic N) is 3. The molecule has 0 saturated heterocycles. The van der Waals surface area contributed by atoms with Crippen LogP contribution in [-0.2, 0) is 0 Å². The lowest BCUT2D eigenvalue weighted by atomic mass is 9.92. The van der Waals surface area contributed by atoms with Gasteiger partial charge in [-0.3, -0.25) is 0 Å². The third-order valence-electron chi connectivity index (χ3n) is 10.9. The van der Waals surface area contributed by atoms with Gasteiger partial charge in [0.1, 0.15) is 11.2 Å². The van der Waals surface area contributed by atoms with Crippen LogP contribution < -0.4 is 0 Å². The van der Waals surface area contributed by atoms with Crippen LogP contribution in [0, 0.1) is 0 Å². The molecule has 4 nitrogen and oxygen atoms in total. The van der Waals surface area contributed by atoms with E-state index in [1.807, 2.05) is 30.3 Å². The fourth-order valence-corrected chi connectivity index (χ4v) is 8.09. The zero-order valence-electron chi connectivity index (χ0n) is 30.8. The van der Waals surface area contributed by atoms with Crippen molar-refractivity contribution in [2.45, 2.75) is 0 Å². The van der Waals surface area contributed by atoms with E-state index in [1.165, 1.54) is 21.9 Å². The minimum Gasteiger partial charge on any atom is -0.455 e. The van der Waals surface area contributed by atoms with Gasteiger partial charge in [-0.1, -0.05) is 182 Å². The summed E-state index contributed by atoms with van der Waals surface area (Å²) in [6.45, 7) is 0. The van der Waals surface area contributed by atoms with Gasteiger partial charge in [-0.15, -0.1) is 0 Å². The molecule has 0 aliphatic rings. The molecular weight excluding hydrogens is 695 g/mol. The van der Waals surface area contributed by atoms with Gasteiger partial charge in [0, 0.05) is 33.0 Å². The molecule has 0 radical (unpaired) electrons. The van der Waals surface area contributed by atoms with E-state index >= 15 is 0 Å². The molecule has 9 aromatic carbocycles. The van der Waals surface area contributed by atoms with Crippen LogP contribution in [0.5, 0.6) is 0 Å². The van der Waals surface area contributed by atoms with Crippen LogP contribution in [0.2, 0.25) is 0 Å². The average Bonchev–Trinajstić information content (AvgIpc) is 3.67. The first kappa shape index (κ1) is 32.7. The Morgan fingerprint density at radius 2 is 0.842 bits per heavy atom. The van der Waals surface area contributed by atoms with Crippen LogP contribution in [0.3, 0.4) is 0 Å². The molecule has 57 heavy (non-hydrogen) atoms. The van der Waals surface area contributed by atoms with Crippen molar-refractivity contribution in [1.82, 2.24) is 15.0 Å². The Morgan fingerprint density at radius 1 is 0.316 bits per heavy atom. The lowest BCUT2D eigenvalue weighted by molar-refractivity contribution is 0.670. The normalized spacial score (nSPS) is 11.5. The second kappa shape index (κ2) is 13.6. The Bertz CT molecular complexity index is 3260. The van der Waals surface area contributed by atoms with Gasteiger partial charge in [0.15, 0.2) is 17.5 Å². The number of benzene rings is 9. The van der Waals surface area contributed by atoms with Crippen molar-refractivity contribution in [3.8, 4) is 67.5 Å². The average molecular weight is 728 g/mol. The minimum absolute atomic E-state index is 0.625. The molecule has 11 rings (SSSR count). The minimum atomic E-state index is 0.625. The highest BCUT2D eigenvalue weighted by Crippen LogP contribution is 2.44. The van der Waals surface area contributed by atoms with Crippen molar-refractivity contribution < 1.29 is 4.42 Å². The molecule has 11 aromatic rings. The molecule has 0 atom stereocenters. The summed E-state index contributed by atoms with van der Waals surface area (Å²) in [4.78, 5) is 15.0. The molecule has 0 aliphatic carbocycles. The van der Waals surface area contributed by atoms with Crippen LogP contribution in [0.1, 0.15) is 0 Å². The van der Waals surface area contributed by atoms with E-state index in [2.05, 4.69) is 170 Å². The first-order chi connectivity index (χ1) is 28.2. The van der Waals surface area contributed by atoms with Crippen molar-refractivity contribution in [3.63, 3.8) is 0 Å². The van der Waals surface area contributed by atoms with Crippen molar-refractivity contribution in [1.29, 1.82) is 0 Å². The molecule has 2 heterocycles. The lowest BCUT2D eigenvalue weighted by Crippen LogP contribution is -2.00. The molecule has 2 aromatic heterocycles.